The summed E-state index contributed by atoms with van der Waals surface area (Å²) < 4.78 is 1.54. The fourth-order valence-corrected chi connectivity index (χ4v) is 3.00. The zero-order valence-corrected chi connectivity index (χ0v) is 12.5. The van der Waals surface area contributed by atoms with Gasteiger partial charge in [-0.15, -0.1) is 11.3 Å². The van der Waals surface area contributed by atoms with Crippen LogP contribution in [0.3, 0.4) is 0 Å². The van der Waals surface area contributed by atoms with E-state index in [-0.39, 0.29) is 11.5 Å². The molecule has 2 heterocycles. The molecule has 0 atom stereocenters. The first kappa shape index (κ1) is 13.9. The monoisotopic (exact) mass is 304 g/mol. The summed E-state index contributed by atoms with van der Waals surface area (Å²) in [6.45, 7) is 1.81. The standard InChI is InChI=1S/C14H16N4O2S/c1-9(19)16-14-17-11(7-21-14)6-18-8-15-12(5-13(18)20)10-3-2-4-10/h5,7-8,10H,2-4,6H2,1H3,(H,16,17,19). The topological polar surface area (TPSA) is 76.9 Å². The number of nitrogens with one attached hydrogen (secondary N) is 1. The molecule has 0 spiro atoms. The van der Waals surface area contributed by atoms with E-state index in [1.165, 1.54) is 29.2 Å². The number of rotatable bonds is 4. The van der Waals surface area contributed by atoms with Crippen molar-refractivity contribution in [3.63, 3.8) is 0 Å². The Bertz CT molecular complexity index is 718. The van der Waals surface area contributed by atoms with Gasteiger partial charge in [0.05, 0.1) is 24.3 Å². The van der Waals surface area contributed by atoms with Gasteiger partial charge >= 0.3 is 0 Å². The van der Waals surface area contributed by atoms with Crippen LogP contribution in [0.4, 0.5) is 5.13 Å². The van der Waals surface area contributed by atoms with E-state index < -0.39 is 0 Å². The molecular weight excluding hydrogens is 288 g/mol. The number of carbonyl (C=O) groups is 1. The van der Waals surface area contributed by atoms with Gasteiger partial charge in [-0.1, -0.05) is 6.42 Å². The van der Waals surface area contributed by atoms with Crippen molar-refractivity contribution in [2.45, 2.75) is 38.6 Å². The molecule has 2 aromatic heterocycles. The Kier molecular flexibility index (Phi) is 3.83. The molecule has 7 heteroatoms. The molecule has 6 nitrogen and oxygen atoms in total. The van der Waals surface area contributed by atoms with E-state index in [4.69, 9.17) is 0 Å². The average Bonchev–Trinajstić information content (AvgIpc) is 2.77. The molecule has 1 saturated carbocycles. The van der Waals surface area contributed by atoms with Crippen molar-refractivity contribution < 1.29 is 4.79 Å². The summed E-state index contributed by atoms with van der Waals surface area (Å²) in [6, 6.07) is 1.63. The normalized spacial score (nSPS) is 14.7. The predicted molar refractivity (Wildman–Crippen MR) is 80.6 cm³/mol. The molecular formula is C14H16N4O2S. The van der Waals surface area contributed by atoms with Gasteiger partial charge in [-0.2, -0.15) is 0 Å². The molecule has 3 rings (SSSR count). The molecule has 21 heavy (non-hydrogen) atoms. The van der Waals surface area contributed by atoms with Crippen LogP contribution in [0.1, 0.15) is 43.5 Å². The predicted octanol–water partition coefficient (Wildman–Crippen LogP) is 1.97. The number of anilines is 1. The van der Waals surface area contributed by atoms with E-state index in [0.717, 1.165) is 24.2 Å². The maximum Gasteiger partial charge on any atom is 0.253 e. The number of hydrogen-bond acceptors (Lipinski definition) is 5. The number of amides is 1. The largest absolute Gasteiger partial charge is 0.302 e. The molecule has 0 unspecified atom stereocenters. The number of aromatic nitrogens is 3. The molecule has 0 radical (unpaired) electrons. The first-order valence-corrected chi connectivity index (χ1v) is 7.78. The summed E-state index contributed by atoms with van der Waals surface area (Å²) in [5, 5.41) is 5.01. The van der Waals surface area contributed by atoms with Crippen molar-refractivity contribution in [1.29, 1.82) is 0 Å². The van der Waals surface area contributed by atoms with Gasteiger partial charge in [0.25, 0.3) is 5.56 Å². The van der Waals surface area contributed by atoms with E-state index in [2.05, 4.69) is 15.3 Å². The lowest BCUT2D eigenvalue weighted by Gasteiger charge is -2.24. The maximum absolute atomic E-state index is 12.1. The second-order valence-electron chi connectivity index (χ2n) is 5.23. The fraction of sp³-hybridized carbons (Fsp3) is 0.429. The molecule has 2 aromatic rings. The summed E-state index contributed by atoms with van der Waals surface area (Å²) in [7, 11) is 0. The van der Waals surface area contributed by atoms with Gasteiger partial charge in [-0.05, 0) is 12.8 Å². The molecule has 0 saturated heterocycles. The zero-order chi connectivity index (χ0) is 14.8. The summed E-state index contributed by atoms with van der Waals surface area (Å²) in [5.41, 5.74) is 1.59. The van der Waals surface area contributed by atoms with Gasteiger partial charge in [-0.3, -0.25) is 14.2 Å². The molecule has 0 bridgehead atoms. The van der Waals surface area contributed by atoms with Crippen molar-refractivity contribution in [3.05, 3.63) is 39.5 Å². The van der Waals surface area contributed by atoms with Crippen LogP contribution in [0.5, 0.6) is 0 Å². The van der Waals surface area contributed by atoms with E-state index in [1.807, 2.05) is 5.38 Å². The Morgan fingerprint density at radius 3 is 2.95 bits per heavy atom. The van der Waals surface area contributed by atoms with E-state index in [0.29, 0.717) is 17.6 Å². The quantitative estimate of drug-likeness (QED) is 0.937. The van der Waals surface area contributed by atoms with Crippen molar-refractivity contribution in [1.82, 2.24) is 14.5 Å². The molecule has 110 valence electrons. The maximum atomic E-state index is 12.1. The lowest BCUT2D eigenvalue weighted by Crippen LogP contribution is -2.23. The Labute approximate surface area is 125 Å². The molecule has 0 aromatic carbocycles. The highest BCUT2D eigenvalue weighted by Crippen LogP contribution is 2.34. The van der Waals surface area contributed by atoms with E-state index in [9.17, 15) is 9.59 Å². The van der Waals surface area contributed by atoms with Gasteiger partial charge < -0.3 is 5.32 Å². The molecule has 0 aliphatic heterocycles. The first-order chi connectivity index (χ1) is 10.1. The lowest BCUT2D eigenvalue weighted by atomic mass is 9.83. The highest BCUT2D eigenvalue weighted by molar-refractivity contribution is 7.13. The minimum atomic E-state index is -0.153. The Balaban J connectivity index is 1.73. The van der Waals surface area contributed by atoms with Crippen LogP contribution in [-0.4, -0.2) is 20.4 Å². The first-order valence-electron chi connectivity index (χ1n) is 6.90. The van der Waals surface area contributed by atoms with Gasteiger partial charge in [-0.25, -0.2) is 9.97 Å². The van der Waals surface area contributed by atoms with Crippen LogP contribution < -0.4 is 10.9 Å². The SMILES string of the molecule is CC(=O)Nc1nc(Cn2cnc(C3CCC3)cc2=O)cs1. The van der Waals surface area contributed by atoms with Crippen LogP contribution in [0, 0.1) is 0 Å². The summed E-state index contributed by atoms with van der Waals surface area (Å²) >= 11 is 1.34. The summed E-state index contributed by atoms with van der Waals surface area (Å²) in [5.74, 6) is 0.303. The zero-order valence-electron chi connectivity index (χ0n) is 11.7. The molecule has 1 fully saturated rings. The fourth-order valence-electron chi connectivity index (χ4n) is 2.25. The average molecular weight is 304 g/mol. The van der Waals surface area contributed by atoms with Crippen molar-refractivity contribution >= 4 is 22.4 Å². The second-order valence-corrected chi connectivity index (χ2v) is 6.09. The van der Waals surface area contributed by atoms with Gasteiger partial charge in [0.1, 0.15) is 0 Å². The van der Waals surface area contributed by atoms with Crippen LogP contribution in [0.15, 0.2) is 22.6 Å². The van der Waals surface area contributed by atoms with Gasteiger partial charge in [0.15, 0.2) is 5.13 Å². The third-order valence-corrected chi connectivity index (χ3v) is 4.40. The van der Waals surface area contributed by atoms with Crippen molar-refractivity contribution in [2.75, 3.05) is 5.32 Å². The molecule has 1 N–H and O–H groups in total. The third-order valence-electron chi connectivity index (χ3n) is 3.59. The summed E-state index contributed by atoms with van der Waals surface area (Å²) in [6.07, 6.45) is 5.07. The Morgan fingerprint density at radius 2 is 2.33 bits per heavy atom. The highest BCUT2D eigenvalue weighted by Gasteiger charge is 2.21. The summed E-state index contributed by atoms with van der Waals surface area (Å²) in [4.78, 5) is 31.7. The van der Waals surface area contributed by atoms with E-state index >= 15 is 0 Å². The number of hydrogen-bond donors (Lipinski definition) is 1. The smallest absolute Gasteiger partial charge is 0.253 e. The number of nitrogens with zero attached hydrogens (tertiary/aromatic N) is 3. The van der Waals surface area contributed by atoms with Gasteiger partial charge in [0.2, 0.25) is 5.91 Å². The van der Waals surface area contributed by atoms with Crippen molar-refractivity contribution in [2.24, 2.45) is 0 Å². The minimum Gasteiger partial charge on any atom is -0.302 e. The Hall–Kier alpha value is -2.02. The minimum absolute atomic E-state index is 0.0547. The Morgan fingerprint density at radius 1 is 1.52 bits per heavy atom. The van der Waals surface area contributed by atoms with Crippen LogP contribution in [-0.2, 0) is 11.3 Å². The second kappa shape index (κ2) is 5.77. The molecule has 1 aliphatic rings. The van der Waals surface area contributed by atoms with Crippen LogP contribution >= 0.6 is 11.3 Å². The van der Waals surface area contributed by atoms with Crippen molar-refractivity contribution in [3.8, 4) is 0 Å². The third kappa shape index (κ3) is 3.18. The van der Waals surface area contributed by atoms with Crippen LogP contribution in [0.2, 0.25) is 0 Å². The molecule has 1 amide bonds. The highest BCUT2D eigenvalue weighted by atomic mass is 32.1. The molecule has 1 aliphatic carbocycles. The number of carbonyl (C=O) groups excluding carboxylic acids is 1. The van der Waals surface area contributed by atoms with Gasteiger partial charge in [0, 0.05) is 24.3 Å². The van der Waals surface area contributed by atoms with E-state index in [1.54, 1.807) is 12.4 Å². The van der Waals surface area contributed by atoms with Crippen LogP contribution in [0.25, 0.3) is 0 Å². The lowest BCUT2D eigenvalue weighted by molar-refractivity contribution is -0.114. The number of thiazole rings is 1.